The summed E-state index contributed by atoms with van der Waals surface area (Å²) >= 11 is 0. The van der Waals surface area contributed by atoms with Crippen molar-refractivity contribution in [3.05, 3.63) is 97.2 Å². The number of phosphoric ester groups is 1. The molecule has 0 aliphatic rings. The van der Waals surface area contributed by atoms with Gasteiger partial charge in [0.1, 0.15) is 19.8 Å². The van der Waals surface area contributed by atoms with Gasteiger partial charge in [-0.25, -0.2) is 4.57 Å². The van der Waals surface area contributed by atoms with Gasteiger partial charge in [-0.2, -0.15) is 0 Å². The smallest absolute Gasteiger partial charge is 0.462 e. The number of likely N-dealkylation sites (N-methyl/N-ethyl adjacent to an activating group) is 1. The van der Waals surface area contributed by atoms with Crippen molar-refractivity contribution >= 4 is 19.8 Å². The topological polar surface area (TPSA) is 108 Å². The highest BCUT2D eigenvalue weighted by atomic mass is 31.2. The highest BCUT2D eigenvalue weighted by Gasteiger charge is 2.27. The van der Waals surface area contributed by atoms with Gasteiger partial charge in [0, 0.05) is 12.8 Å². The fourth-order valence-corrected chi connectivity index (χ4v) is 10.1. The summed E-state index contributed by atoms with van der Waals surface area (Å²) in [6, 6.07) is 0. The molecule has 0 radical (unpaired) electrons. The van der Waals surface area contributed by atoms with Gasteiger partial charge in [0.25, 0.3) is 0 Å². The van der Waals surface area contributed by atoms with Crippen LogP contribution in [0.2, 0.25) is 0 Å². The van der Waals surface area contributed by atoms with E-state index < -0.39 is 26.5 Å². The summed E-state index contributed by atoms with van der Waals surface area (Å²) in [4.78, 5) is 35.9. The zero-order chi connectivity index (χ0) is 59.8. The van der Waals surface area contributed by atoms with Crippen LogP contribution in [-0.4, -0.2) is 74.9 Å². The maximum Gasteiger partial charge on any atom is 0.472 e. The molecule has 0 aromatic heterocycles. The van der Waals surface area contributed by atoms with E-state index in [1.54, 1.807) is 0 Å². The Morgan fingerprint density at radius 2 is 0.695 bits per heavy atom. The van der Waals surface area contributed by atoms with Crippen LogP contribution in [-0.2, 0) is 32.7 Å². The zero-order valence-corrected chi connectivity index (χ0v) is 54.8. The lowest BCUT2D eigenvalue weighted by atomic mass is 10.0. The van der Waals surface area contributed by atoms with Crippen LogP contribution in [0, 0.1) is 0 Å². The fraction of sp³-hybridized carbons (Fsp3) is 0.750. The van der Waals surface area contributed by atoms with Crippen LogP contribution in [0.25, 0.3) is 0 Å². The van der Waals surface area contributed by atoms with Crippen molar-refractivity contribution in [3.63, 3.8) is 0 Å². The monoisotopic (exact) mass is 1170 g/mol. The lowest BCUT2D eigenvalue weighted by molar-refractivity contribution is -0.870. The third kappa shape index (κ3) is 66.1. The van der Waals surface area contributed by atoms with E-state index in [9.17, 15) is 19.0 Å². The van der Waals surface area contributed by atoms with Gasteiger partial charge in [0.05, 0.1) is 27.7 Å². The second kappa shape index (κ2) is 62.5. The van der Waals surface area contributed by atoms with Crippen molar-refractivity contribution in [3.8, 4) is 0 Å². The van der Waals surface area contributed by atoms with Crippen molar-refractivity contribution in [1.82, 2.24) is 0 Å². The first-order valence-corrected chi connectivity index (χ1v) is 35.5. The summed E-state index contributed by atoms with van der Waals surface area (Å²) in [6.45, 7) is 4.34. The van der Waals surface area contributed by atoms with Gasteiger partial charge in [0.15, 0.2) is 6.10 Å². The Labute approximate surface area is 506 Å². The van der Waals surface area contributed by atoms with Crippen LogP contribution in [0.15, 0.2) is 97.2 Å². The van der Waals surface area contributed by atoms with Crippen molar-refractivity contribution in [2.75, 3.05) is 47.5 Å². The van der Waals surface area contributed by atoms with Gasteiger partial charge in [0.2, 0.25) is 0 Å². The van der Waals surface area contributed by atoms with Gasteiger partial charge in [-0.3, -0.25) is 18.6 Å². The first-order chi connectivity index (χ1) is 40.0. The lowest BCUT2D eigenvalue weighted by Gasteiger charge is -2.24. The molecule has 0 rings (SSSR count). The molecule has 1 N–H and O–H groups in total. The molecule has 9 nitrogen and oxygen atoms in total. The highest BCUT2D eigenvalue weighted by Crippen LogP contribution is 2.43. The van der Waals surface area contributed by atoms with Gasteiger partial charge < -0.3 is 18.9 Å². The van der Waals surface area contributed by atoms with E-state index in [2.05, 4.69) is 111 Å². The number of ether oxygens (including phenoxy) is 2. The number of nitrogens with zero attached hydrogens (tertiary/aromatic N) is 1. The molecular formula is C72H129NO8P+. The number of allylic oxidation sites excluding steroid dienone is 16. The molecule has 0 aliphatic heterocycles. The number of carbonyl (C=O) groups is 2. The largest absolute Gasteiger partial charge is 0.472 e. The molecule has 0 saturated heterocycles. The molecule has 0 amide bonds. The molecular weight excluding hydrogens is 1040 g/mol. The minimum absolute atomic E-state index is 0.0290. The Hall–Kier alpha value is -3.07. The van der Waals surface area contributed by atoms with E-state index >= 15 is 0 Å². The summed E-state index contributed by atoms with van der Waals surface area (Å²) in [6.07, 6.45) is 86.4. The molecule has 0 saturated carbocycles. The number of phosphoric acid groups is 1. The molecule has 10 heteroatoms. The molecule has 474 valence electrons. The second-order valence-corrected chi connectivity index (χ2v) is 25.3. The maximum atomic E-state index is 12.9. The van der Waals surface area contributed by atoms with E-state index in [-0.39, 0.29) is 32.0 Å². The van der Waals surface area contributed by atoms with Crippen LogP contribution < -0.4 is 0 Å². The summed E-state index contributed by atoms with van der Waals surface area (Å²) in [5.41, 5.74) is 0. The number of esters is 2. The molecule has 0 heterocycles. The molecule has 0 spiro atoms. The Kier molecular flexibility index (Phi) is 60.1. The minimum atomic E-state index is -4.40. The standard InChI is InChI=1S/C72H128NO8P/c1-6-8-10-12-14-16-18-20-22-24-26-28-30-32-33-34-35-36-37-38-39-41-43-45-47-49-51-53-55-57-59-61-63-65-72(75)81-70(69-80-82(76,77)79-67-66-73(3,4)5)68-78-71(74)64-62-60-58-56-54-52-50-48-46-44-42-40-31-29-27-25-23-21-19-17-15-13-11-9-7-2/h8,10,14,16,19-22,25-28,32-33,35-36,70H,6-7,9,11-13,15,17-18,23-24,29-31,34,37-69H2,1-5H3/p+1/b10-8-,16-14-,21-19-,22-20-,27-25-,28-26-,33-32-,36-35-. The molecule has 0 aromatic carbocycles. The molecule has 0 bridgehead atoms. The Morgan fingerprint density at radius 3 is 1.04 bits per heavy atom. The van der Waals surface area contributed by atoms with Crippen LogP contribution in [0.4, 0.5) is 0 Å². The molecule has 2 unspecified atom stereocenters. The van der Waals surface area contributed by atoms with E-state index in [1.165, 1.54) is 180 Å². The number of hydrogen-bond donors (Lipinski definition) is 1. The molecule has 0 fully saturated rings. The van der Waals surface area contributed by atoms with Gasteiger partial charge >= 0.3 is 19.8 Å². The Morgan fingerprint density at radius 1 is 0.390 bits per heavy atom. The fourth-order valence-electron chi connectivity index (χ4n) is 9.40. The summed E-state index contributed by atoms with van der Waals surface area (Å²) in [5, 5.41) is 0. The molecule has 82 heavy (non-hydrogen) atoms. The van der Waals surface area contributed by atoms with E-state index in [0.717, 1.165) is 83.5 Å². The van der Waals surface area contributed by atoms with Crippen molar-refractivity contribution in [1.29, 1.82) is 0 Å². The summed E-state index contributed by atoms with van der Waals surface area (Å²) in [5.74, 6) is -0.792. The SMILES string of the molecule is CC/C=C\C/C=C\C/C=C\C/C=C\C/C=C\C/C=C\CCCCCCCCCCCCCCCCC(=O)OC(COC(=O)CCCCCCCCCCCCCCC/C=C\C/C=C\CCCCCCC)COP(=O)(O)OCC[N+](C)(C)C. The number of unbranched alkanes of at least 4 members (excludes halogenated alkanes) is 32. The Balaban J connectivity index is 4.07. The zero-order valence-electron chi connectivity index (χ0n) is 54.0. The second-order valence-electron chi connectivity index (χ2n) is 23.8. The van der Waals surface area contributed by atoms with Gasteiger partial charge in [-0.15, -0.1) is 0 Å². The van der Waals surface area contributed by atoms with E-state index in [1.807, 2.05) is 21.1 Å². The minimum Gasteiger partial charge on any atom is -0.462 e. The summed E-state index contributed by atoms with van der Waals surface area (Å²) in [7, 11) is 1.48. The predicted octanol–water partition coefficient (Wildman–Crippen LogP) is 21.9. The summed E-state index contributed by atoms with van der Waals surface area (Å²) < 4.78 is 34.7. The van der Waals surface area contributed by atoms with Crippen LogP contribution in [0.1, 0.15) is 296 Å². The number of hydrogen-bond acceptors (Lipinski definition) is 7. The normalized spacial score (nSPS) is 13.8. The molecule has 2 atom stereocenters. The van der Waals surface area contributed by atoms with Gasteiger partial charge in [-0.05, 0) is 96.3 Å². The van der Waals surface area contributed by atoms with E-state index in [0.29, 0.717) is 17.4 Å². The van der Waals surface area contributed by atoms with Crippen LogP contribution in [0.3, 0.4) is 0 Å². The maximum absolute atomic E-state index is 12.9. The third-order valence-electron chi connectivity index (χ3n) is 14.6. The van der Waals surface area contributed by atoms with E-state index in [4.69, 9.17) is 18.5 Å². The number of quaternary nitrogens is 1. The van der Waals surface area contributed by atoms with Crippen molar-refractivity contribution < 1.29 is 42.1 Å². The first kappa shape index (κ1) is 78.9. The van der Waals surface area contributed by atoms with Gasteiger partial charge in [-0.1, -0.05) is 284 Å². The number of carbonyl (C=O) groups excluding carboxylic acids is 2. The Bertz CT molecular complexity index is 1710. The predicted molar refractivity (Wildman–Crippen MR) is 353 cm³/mol. The average Bonchev–Trinajstić information content (AvgIpc) is 3.46. The highest BCUT2D eigenvalue weighted by molar-refractivity contribution is 7.47. The quantitative estimate of drug-likeness (QED) is 0.0211. The van der Waals surface area contributed by atoms with Crippen molar-refractivity contribution in [2.24, 2.45) is 0 Å². The first-order valence-electron chi connectivity index (χ1n) is 34.0. The average molecular weight is 1170 g/mol. The van der Waals surface area contributed by atoms with Crippen LogP contribution >= 0.6 is 7.82 Å². The molecule has 0 aromatic rings. The van der Waals surface area contributed by atoms with Crippen LogP contribution in [0.5, 0.6) is 0 Å². The third-order valence-corrected chi connectivity index (χ3v) is 15.6. The molecule has 0 aliphatic carbocycles. The number of rotatable bonds is 62. The lowest BCUT2D eigenvalue weighted by Crippen LogP contribution is -2.37. The van der Waals surface area contributed by atoms with Crippen molar-refractivity contribution in [2.45, 2.75) is 302 Å².